The van der Waals surface area contributed by atoms with E-state index in [9.17, 15) is 0 Å². The van der Waals surface area contributed by atoms with Crippen molar-refractivity contribution in [3.63, 3.8) is 0 Å². The van der Waals surface area contributed by atoms with E-state index in [2.05, 4.69) is 26.3 Å². The summed E-state index contributed by atoms with van der Waals surface area (Å²) in [5.74, 6) is 1.47. The Hall–Kier alpha value is -2.14. The van der Waals surface area contributed by atoms with Gasteiger partial charge >= 0.3 is 0 Å². The van der Waals surface area contributed by atoms with Crippen molar-refractivity contribution >= 4 is 0 Å². The summed E-state index contributed by atoms with van der Waals surface area (Å²) >= 11 is 0. The Labute approximate surface area is 194 Å². The maximum absolute atomic E-state index is 6.56. The predicted octanol–water partition coefficient (Wildman–Crippen LogP) is 6.29. The second-order valence-corrected chi connectivity index (χ2v) is 8.28. The average Bonchev–Trinajstić information content (AvgIpc) is 2.81. The summed E-state index contributed by atoms with van der Waals surface area (Å²) < 4.78 is 24.6. The molecule has 0 amide bonds. The smallest absolute Gasteiger partial charge is 0.118 e. The van der Waals surface area contributed by atoms with Crippen LogP contribution < -0.4 is 4.74 Å². The fourth-order valence-corrected chi connectivity index (χ4v) is 4.46. The quantitative estimate of drug-likeness (QED) is 0.224. The molecule has 0 saturated heterocycles. The Balaban J connectivity index is 2.26. The predicted molar refractivity (Wildman–Crippen MR) is 132 cm³/mol. The monoisotopic (exact) mass is 440 g/mol. The Morgan fingerprint density at radius 2 is 1.47 bits per heavy atom. The molecule has 4 heteroatoms. The van der Waals surface area contributed by atoms with E-state index in [4.69, 9.17) is 18.9 Å². The molecule has 5 atom stereocenters. The van der Waals surface area contributed by atoms with Gasteiger partial charge in [0.1, 0.15) is 11.9 Å². The number of ether oxygens (including phenoxy) is 4. The molecule has 1 saturated carbocycles. The second kappa shape index (κ2) is 14.8. The van der Waals surface area contributed by atoms with Gasteiger partial charge in [-0.2, -0.15) is 0 Å². The summed E-state index contributed by atoms with van der Waals surface area (Å²) in [6.45, 7) is 17.2. The van der Waals surface area contributed by atoms with E-state index in [1.165, 1.54) is 0 Å². The van der Waals surface area contributed by atoms with Crippen molar-refractivity contribution in [3.05, 3.63) is 80.4 Å². The van der Waals surface area contributed by atoms with Gasteiger partial charge in [0.2, 0.25) is 0 Å². The molecule has 1 aliphatic carbocycles. The lowest BCUT2D eigenvalue weighted by molar-refractivity contribution is -0.195. The molecule has 0 spiro atoms. The fraction of sp³-hybridized carbons (Fsp3) is 0.500. The highest BCUT2D eigenvalue weighted by atomic mass is 16.6. The van der Waals surface area contributed by atoms with Crippen LogP contribution in [0.1, 0.15) is 37.7 Å². The third kappa shape index (κ3) is 7.77. The van der Waals surface area contributed by atoms with Gasteiger partial charge in [-0.1, -0.05) is 36.4 Å². The molecule has 0 heterocycles. The molecule has 4 nitrogen and oxygen atoms in total. The SMILES string of the molecule is C=CCCCO[C@@H]1[C@@H](CC=C)C[C@@H](CC=C)[C@H](OCC=C)[C@H]1OCc1ccc(OC)cc1. The van der Waals surface area contributed by atoms with Crippen LogP contribution in [0.2, 0.25) is 0 Å². The zero-order valence-electron chi connectivity index (χ0n) is 19.6. The average molecular weight is 441 g/mol. The standard InChI is InChI=1S/C28H40O4/c1-6-10-11-19-31-27-24(13-8-3)20-23(12-7-2)26(30-18-9-4)28(27)32-21-22-14-16-25(29-5)17-15-22/h6-9,14-17,23-24,26-28H,1-4,10-13,18-21H2,5H3/t23-,24+,26+,27-,28-/m1/s1. The molecule has 1 fully saturated rings. The molecule has 0 bridgehead atoms. The van der Waals surface area contributed by atoms with Crippen LogP contribution in [0, 0.1) is 11.8 Å². The van der Waals surface area contributed by atoms with Gasteiger partial charge in [-0.25, -0.2) is 0 Å². The van der Waals surface area contributed by atoms with Crippen LogP contribution in [0.4, 0.5) is 0 Å². The lowest BCUT2D eigenvalue weighted by atomic mass is 9.73. The minimum atomic E-state index is -0.190. The van der Waals surface area contributed by atoms with Gasteiger partial charge in [0.15, 0.2) is 0 Å². The minimum Gasteiger partial charge on any atom is -0.497 e. The topological polar surface area (TPSA) is 36.9 Å². The van der Waals surface area contributed by atoms with Gasteiger partial charge in [-0.05, 0) is 61.6 Å². The molecule has 2 rings (SSSR count). The maximum atomic E-state index is 6.56. The van der Waals surface area contributed by atoms with Gasteiger partial charge in [0, 0.05) is 6.61 Å². The van der Waals surface area contributed by atoms with E-state index in [1.807, 2.05) is 42.5 Å². The molecule has 1 aliphatic rings. The third-order valence-electron chi connectivity index (χ3n) is 5.99. The summed E-state index contributed by atoms with van der Waals surface area (Å²) in [4.78, 5) is 0. The van der Waals surface area contributed by atoms with Crippen molar-refractivity contribution in [3.8, 4) is 5.75 Å². The maximum Gasteiger partial charge on any atom is 0.118 e. The van der Waals surface area contributed by atoms with Crippen molar-refractivity contribution < 1.29 is 18.9 Å². The molecule has 0 N–H and O–H groups in total. The first kappa shape index (κ1) is 26.1. The number of hydrogen-bond donors (Lipinski definition) is 0. The van der Waals surface area contributed by atoms with Crippen LogP contribution in [0.5, 0.6) is 5.75 Å². The fourth-order valence-electron chi connectivity index (χ4n) is 4.46. The number of allylic oxidation sites excluding steroid dienone is 3. The highest BCUT2D eigenvalue weighted by molar-refractivity contribution is 5.26. The number of methoxy groups -OCH3 is 1. The van der Waals surface area contributed by atoms with Crippen molar-refractivity contribution in [2.45, 2.75) is 57.0 Å². The number of hydrogen-bond acceptors (Lipinski definition) is 4. The summed E-state index contributed by atoms with van der Waals surface area (Å²) in [6.07, 6.45) is 12.0. The van der Waals surface area contributed by atoms with Crippen molar-refractivity contribution in [2.75, 3.05) is 20.3 Å². The molecular formula is C28H40O4. The van der Waals surface area contributed by atoms with Crippen LogP contribution in [0.25, 0.3) is 0 Å². The molecule has 32 heavy (non-hydrogen) atoms. The number of unbranched alkanes of at least 4 members (excludes halogenated alkanes) is 1. The van der Waals surface area contributed by atoms with E-state index < -0.39 is 0 Å². The van der Waals surface area contributed by atoms with Crippen LogP contribution >= 0.6 is 0 Å². The Kier molecular flexibility index (Phi) is 12.1. The van der Waals surface area contributed by atoms with Gasteiger partial charge in [-0.3, -0.25) is 0 Å². The molecule has 0 aliphatic heterocycles. The van der Waals surface area contributed by atoms with Gasteiger partial charge < -0.3 is 18.9 Å². The van der Waals surface area contributed by atoms with Crippen LogP contribution in [-0.4, -0.2) is 38.6 Å². The van der Waals surface area contributed by atoms with E-state index >= 15 is 0 Å². The lowest BCUT2D eigenvalue weighted by Crippen LogP contribution is -2.54. The van der Waals surface area contributed by atoms with E-state index in [0.29, 0.717) is 31.7 Å². The first-order valence-corrected chi connectivity index (χ1v) is 11.6. The molecule has 0 unspecified atom stereocenters. The largest absolute Gasteiger partial charge is 0.497 e. The first-order valence-electron chi connectivity index (χ1n) is 11.6. The van der Waals surface area contributed by atoms with Crippen LogP contribution in [0.3, 0.4) is 0 Å². The van der Waals surface area contributed by atoms with Crippen LogP contribution in [0.15, 0.2) is 74.9 Å². The van der Waals surface area contributed by atoms with Crippen LogP contribution in [-0.2, 0) is 20.8 Å². The molecule has 1 aromatic carbocycles. The molecular weight excluding hydrogens is 400 g/mol. The van der Waals surface area contributed by atoms with E-state index in [0.717, 1.165) is 43.4 Å². The highest BCUT2D eigenvalue weighted by Crippen LogP contribution is 2.39. The third-order valence-corrected chi connectivity index (χ3v) is 5.99. The number of benzene rings is 1. The minimum absolute atomic E-state index is 0.0630. The number of rotatable bonds is 16. The van der Waals surface area contributed by atoms with Gasteiger partial charge in [-0.15, -0.1) is 26.3 Å². The zero-order chi connectivity index (χ0) is 23.2. The van der Waals surface area contributed by atoms with Crippen molar-refractivity contribution in [1.29, 1.82) is 0 Å². The summed E-state index contributed by atoms with van der Waals surface area (Å²) in [6, 6.07) is 7.97. The van der Waals surface area contributed by atoms with Crippen molar-refractivity contribution in [1.82, 2.24) is 0 Å². The van der Waals surface area contributed by atoms with Gasteiger partial charge in [0.25, 0.3) is 0 Å². The first-order chi connectivity index (χ1) is 15.7. The molecule has 0 aromatic heterocycles. The Morgan fingerprint density at radius 1 is 0.812 bits per heavy atom. The Bertz CT molecular complexity index is 696. The van der Waals surface area contributed by atoms with Crippen molar-refractivity contribution in [2.24, 2.45) is 11.8 Å². The second-order valence-electron chi connectivity index (χ2n) is 8.28. The normalized spacial score (nSPS) is 25.1. The molecule has 1 aromatic rings. The van der Waals surface area contributed by atoms with E-state index in [1.54, 1.807) is 13.2 Å². The van der Waals surface area contributed by atoms with E-state index in [-0.39, 0.29) is 18.3 Å². The zero-order valence-corrected chi connectivity index (χ0v) is 19.6. The summed E-state index contributed by atoms with van der Waals surface area (Å²) in [5, 5.41) is 0. The Morgan fingerprint density at radius 3 is 2.03 bits per heavy atom. The summed E-state index contributed by atoms with van der Waals surface area (Å²) in [5.41, 5.74) is 1.09. The summed E-state index contributed by atoms with van der Waals surface area (Å²) in [7, 11) is 1.67. The molecule has 176 valence electrons. The highest BCUT2D eigenvalue weighted by Gasteiger charge is 2.46. The van der Waals surface area contributed by atoms with Gasteiger partial charge in [0.05, 0.1) is 32.5 Å². The lowest BCUT2D eigenvalue weighted by Gasteiger charge is -2.46. The molecule has 0 radical (unpaired) electrons.